The van der Waals surface area contributed by atoms with Gasteiger partial charge in [-0.2, -0.15) is 0 Å². The highest BCUT2D eigenvalue weighted by atomic mass is 16.5. The van der Waals surface area contributed by atoms with Crippen LogP contribution in [0.5, 0.6) is 0 Å². The Labute approximate surface area is 97.8 Å². The quantitative estimate of drug-likeness (QED) is 0.845. The molecule has 0 radical (unpaired) electrons. The molecule has 3 atom stereocenters. The Morgan fingerprint density at radius 1 is 1.31 bits per heavy atom. The maximum absolute atomic E-state index is 5.86. The van der Waals surface area contributed by atoms with Gasteiger partial charge in [0.25, 0.3) is 0 Å². The van der Waals surface area contributed by atoms with E-state index in [1.165, 1.54) is 18.4 Å². The number of hydrogen-bond donors (Lipinski definition) is 1. The van der Waals surface area contributed by atoms with Crippen molar-refractivity contribution in [3.05, 3.63) is 35.9 Å². The van der Waals surface area contributed by atoms with Crippen molar-refractivity contribution in [2.45, 2.75) is 44.3 Å². The van der Waals surface area contributed by atoms with Crippen LogP contribution in [0.3, 0.4) is 0 Å². The smallest absolute Gasteiger partial charge is 0.0586 e. The molecule has 2 N–H and O–H groups in total. The van der Waals surface area contributed by atoms with E-state index in [0.717, 1.165) is 6.42 Å². The summed E-state index contributed by atoms with van der Waals surface area (Å²) < 4.78 is 5.86. The molecular formula is C14H21NO. The molecule has 1 aliphatic heterocycles. The normalized spacial score (nSPS) is 26.9. The zero-order valence-corrected chi connectivity index (χ0v) is 9.93. The lowest BCUT2D eigenvalue weighted by molar-refractivity contribution is 0.0470. The van der Waals surface area contributed by atoms with Crippen molar-refractivity contribution in [1.29, 1.82) is 0 Å². The summed E-state index contributed by atoms with van der Waals surface area (Å²) in [5.41, 5.74) is 7.20. The van der Waals surface area contributed by atoms with Gasteiger partial charge in [0, 0.05) is 0 Å². The fraction of sp³-hybridized carbons (Fsp3) is 0.571. The maximum atomic E-state index is 5.86. The molecule has 2 heteroatoms. The van der Waals surface area contributed by atoms with Crippen LogP contribution in [0.2, 0.25) is 0 Å². The molecule has 88 valence electrons. The van der Waals surface area contributed by atoms with Crippen LogP contribution in [-0.4, -0.2) is 18.8 Å². The van der Waals surface area contributed by atoms with Gasteiger partial charge < -0.3 is 10.5 Å². The van der Waals surface area contributed by atoms with Crippen LogP contribution in [0, 0.1) is 0 Å². The van der Waals surface area contributed by atoms with Gasteiger partial charge in [-0.25, -0.2) is 0 Å². The average molecular weight is 219 g/mol. The largest absolute Gasteiger partial charge is 0.375 e. The van der Waals surface area contributed by atoms with E-state index in [2.05, 4.69) is 31.2 Å². The van der Waals surface area contributed by atoms with Crippen molar-refractivity contribution in [3.63, 3.8) is 0 Å². The zero-order chi connectivity index (χ0) is 11.4. The van der Waals surface area contributed by atoms with E-state index in [0.29, 0.717) is 24.7 Å². The number of benzene rings is 1. The maximum Gasteiger partial charge on any atom is 0.0586 e. The topological polar surface area (TPSA) is 35.2 Å². The summed E-state index contributed by atoms with van der Waals surface area (Å²) in [5.74, 6) is 0.441. The van der Waals surface area contributed by atoms with Gasteiger partial charge in [0.1, 0.15) is 0 Å². The van der Waals surface area contributed by atoms with Gasteiger partial charge in [-0.1, -0.05) is 30.3 Å². The first-order valence-corrected chi connectivity index (χ1v) is 6.20. The first-order valence-electron chi connectivity index (χ1n) is 6.20. The number of hydrogen-bond acceptors (Lipinski definition) is 2. The first kappa shape index (κ1) is 11.6. The molecule has 0 amide bonds. The molecule has 2 nitrogen and oxygen atoms in total. The second kappa shape index (κ2) is 5.46. The highest BCUT2D eigenvalue weighted by molar-refractivity contribution is 5.20. The molecule has 2 rings (SSSR count). The predicted octanol–water partition coefficient (Wildman–Crippen LogP) is 2.69. The molecule has 1 aromatic rings. The molecule has 1 heterocycles. The van der Waals surface area contributed by atoms with Crippen LogP contribution in [-0.2, 0) is 4.74 Å². The Kier molecular flexibility index (Phi) is 3.97. The summed E-state index contributed by atoms with van der Waals surface area (Å²) in [6.45, 7) is 2.86. The molecule has 0 aromatic heterocycles. The molecular weight excluding hydrogens is 198 g/mol. The Balaban J connectivity index is 1.96. The minimum atomic E-state index is 0.406. The van der Waals surface area contributed by atoms with Crippen LogP contribution in [0.4, 0.5) is 0 Å². The monoisotopic (exact) mass is 219 g/mol. The lowest BCUT2D eigenvalue weighted by atomic mass is 9.92. The average Bonchev–Trinajstić information content (AvgIpc) is 2.73. The lowest BCUT2D eigenvalue weighted by Gasteiger charge is -2.19. The summed E-state index contributed by atoms with van der Waals surface area (Å²) in [5, 5.41) is 0. The molecule has 1 saturated heterocycles. The summed E-state index contributed by atoms with van der Waals surface area (Å²) >= 11 is 0. The van der Waals surface area contributed by atoms with E-state index in [9.17, 15) is 0 Å². The third-order valence-corrected chi connectivity index (χ3v) is 3.42. The van der Waals surface area contributed by atoms with Gasteiger partial charge in [-0.15, -0.1) is 0 Å². The van der Waals surface area contributed by atoms with Gasteiger partial charge in [0.05, 0.1) is 12.2 Å². The molecule has 0 saturated carbocycles. The molecule has 0 bridgehead atoms. The molecule has 3 unspecified atom stereocenters. The van der Waals surface area contributed by atoms with E-state index >= 15 is 0 Å². The van der Waals surface area contributed by atoms with E-state index in [-0.39, 0.29) is 0 Å². The Morgan fingerprint density at radius 2 is 2.06 bits per heavy atom. The molecule has 0 aliphatic carbocycles. The number of rotatable bonds is 4. The van der Waals surface area contributed by atoms with Gasteiger partial charge in [-0.3, -0.25) is 0 Å². The third-order valence-electron chi connectivity index (χ3n) is 3.42. The predicted molar refractivity (Wildman–Crippen MR) is 66.4 cm³/mol. The van der Waals surface area contributed by atoms with Crippen molar-refractivity contribution in [1.82, 2.24) is 0 Å². The molecule has 1 aromatic carbocycles. The lowest BCUT2D eigenvalue weighted by Crippen LogP contribution is -2.19. The fourth-order valence-electron chi connectivity index (χ4n) is 2.47. The van der Waals surface area contributed by atoms with Crippen molar-refractivity contribution in [2.24, 2.45) is 5.73 Å². The summed E-state index contributed by atoms with van der Waals surface area (Å²) in [6.07, 6.45) is 4.27. The zero-order valence-electron chi connectivity index (χ0n) is 9.93. The van der Waals surface area contributed by atoms with Gasteiger partial charge in [0.15, 0.2) is 0 Å². The molecule has 16 heavy (non-hydrogen) atoms. The van der Waals surface area contributed by atoms with E-state index in [1.54, 1.807) is 0 Å². The van der Waals surface area contributed by atoms with E-state index in [1.807, 2.05) is 6.07 Å². The summed E-state index contributed by atoms with van der Waals surface area (Å²) in [7, 11) is 0. The van der Waals surface area contributed by atoms with Gasteiger partial charge >= 0.3 is 0 Å². The summed E-state index contributed by atoms with van der Waals surface area (Å²) in [6, 6.07) is 10.5. The number of nitrogens with two attached hydrogens (primary N) is 1. The van der Waals surface area contributed by atoms with E-state index < -0.39 is 0 Å². The van der Waals surface area contributed by atoms with Gasteiger partial charge in [-0.05, 0) is 44.2 Å². The fourth-order valence-corrected chi connectivity index (χ4v) is 2.47. The second-order valence-electron chi connectivity index (χ2n) is 4.73. The first-order chi connectivity index (χ1) is 7.79. The Hall–Kier alpha value is -0.860. The third kappa shape index (κ3) is 2.83. The highest BCUT2D eigenvalue weighted by Gasteiger charge is 2.24. The Bertz CT molecular complexity index is 312. The Morgan fingerprint density at radius 3 is 2.62 bits per heavy atom. The van der Waals surface area contributed by atoms with Crippen LogP contribution >= 0.6 is 0 Å². The van der Waals surface area contributed by atoms with Gasteiger partial charge in [0.2, 0.25) is 0 Å². The van der Waals surface area contributed by atoms with Crippen molar-refractivity contribution < 1.29 is 4.74 Å². The van der Waals surface area contributed by atoms with Crippen molar-refractivity contribution in [2.75, 3.05) is 6.54 Å². The van der Waals surface area contributed by atoms with Crippen LogP contribution < -0.4 is 5.73 Å². The van der Waals surface area contributed by atoms with Crippen LogP contribution in [0.1, 0.15) is 37.7 Å². The van der Waals surface area contributed by atoms with E-state index in [4.69, 9.17) is 10.5 Å². The number of ether oxygens (including phenoxy) is 1. The second-order valence-corrected chi connectivity index (χ2v) is 4.73. The SMILES string of the molecule is CC1CCC(CC(CN)c2ccccc2)O1. The van der Waals surface area contributed by atoms with Crippen molar-refractivity contribution >= 4 is 0 Å². The molecule has 1 fully saturated rings. The highest BCUT2D eigenvalue weighted by Crippen LogP contribution is 2.28. The minimum Gasteiger partial charge on any atom is -0.375 e. The minimum absolute atomic E-state index is 0.406. The molecule has 0 spiro atoms. The standard InChI is InChI=1S/C14H21NO/c1-11-7-8-14(16-11)9-13(10-15)12-5-3-2-4-6-12/h2-6,11,13-14H,7-10,15H2,1H3. The summed E-state index contributed by atoms with van der Waals surface area (Å²) in [4.78, 5) is 0. The van der Waals surface area contributed by atoms with Crippen LogP contribution in [0.25, 0.3) is 0 Å². The van der Waals surface area contributed by atoms with Crippen molar-refractivity contribution in [3.8, 4) is 0 Å². The van der Waals surface area contributed by atoms with Crippen LogP contribution in [0.15, 0.2) is 30.3 Å². The molecule has 1 aliphatic rings.